The number of piperidine rings is 2. The van der Waals surface area contributed by atoms with Crippen molar-refractivity contribution < 1.29 is 9.53 Å². The van der Waals surface area contributed by atoms with E-state index in [0.717, 1.165) is 68.5 Å². The highest BCUT2D eigenvalue weighted by Gasteiger charge is 2.32. The number of amides is 1. The van der Waals surface area contributed by atoms with Crippen LogP contribution in [0.3, 0.4) is 0 Å². The molecular formula is C17H26N4O2. The number of ether oxygens (including phenoxy) is 1. The number of hydrogen-bond acceptors (Lipinski definition) is 4. The van der Waals surface area contributed by atoms with Gasteiger partial charge in [-0.3, -0.25) is 9.89 Å². The van der Waals surface area contributed by atoms with E-state index in [1.54, 1.807) is 0 Å². The average Bonchev–Trinajstić information content (AvgIpc) is 3.06. The third-order valence-corrected chi connectivity index (χ3v) is 5.78. The van der Waals surface area contributed by atoms with Crippen LogP contribution in [0.1, 0.15) is 47.4 Å². The Morgan fingerprint density at radius 2 is 1.87 bits per heavy atom. The maximum absolute atomic E-state index is 12.8. The maximum Gasteiger partial charge on any atom is 0.274 e. The Hall–Kier alpha value is -1.40. The minimum Gasteiger partial charge on any atom is -0.376 e. The summed E-state index contributed by atoms with van der Waals surface area (Å²) in [5.74, 6) is 1.72. The Kier molecular flexibility index (Phi) is 4.35. The second-order valence-electron chi connectivity index (χ2n) is 7.05. The lowest BCUT2D eigenvalue weighted by Gasteiger charge is -2.37. The van der Waals surface area contributed by atoms with E-state index in [1.807, 2.05) is 4.90 Å². The number of rotatable bonds is 2. The zero-order chi connectivity index (χ0) is 15.6. The van der Waals surface area contributed by atoms with Gasteiger partial charge in [-0.05, 0) is 50.6 Å². The number of carbonyl (C=O) groups is 1. The molecule has 1 amide bonds. The van der Waals surface area contributed by atoms with Crippen molar-refractivity contribution >= 4 is 5.91 Å². The summed E-state index contributed by atoms with van der Waals surface area (Å²) in [6.07, 6.45) is 5.69. The number of aromatic nitrogens is 2. The molecule has 2 N–H and O–H groups in total. The number of hydrogen-bond donors (Lipinski definition) is 2. The Bertz CT molecular complexity index is 557. The van der Waals surface area contributed by atoms with Gasteiger partial charge in [-0.1, -0.05) is 0 Å². The first-order valence-corrected chi connectivity index (χ1v) is 8.97. The molecule has 3 aliphatic heterocycles. The molecule has 3 aliphatic rings. The van der Waals surface area contributed by atoms with Crippen molar-refractivity contribution in [2.75, 3.05) is 32.8 Å². The van der Waals surface area contributed by atoms with Gasteiger partial charge in [0.15, 0.2) is 5.69 Å². The van der Waals surface area contributed by atoms with E-state index in [-0.39, 0.29) is 5.91 Å². The minimum atomic E-state index is 0.0803. The summed E-state index contributed by atoms with van der Waals surface area (Å²) in [5.41, 5.74) is 2.63. The summed E-state index contributed by atoms with van der Waals surface area (Å²) in [6.45, 7) is 5.28. The van der Waals surface area contributed by atoms with Crippen LogP contribution in [0.25, 0.3) is 0 Å². The third-order valence-electron chi connectivity index (χ3n) is 5.78. The zero-order valence-corrected chi connectivity index (χ0v) is 13.6. The summed E-state index contributed by atoms with van der Waals surface area (Å²) in [5, 5.41) is 10.7. The molecule has 1 aromatic rings. The smallest absolute Gasteiger partial charge is 0.274 e. The lowest BCUT2D eigenvalue weighted by atomic mass is 9.79. The highest BCUT2D eigenvalue weighted by Crippen LogP contribution is 2.31. The van der Waals surface area contributed by atoms with E-state index >= 15 is 0 Å². The topological polar surface area (TPSA) is 70.2 Å². The monoisotopic (exact) mass is 318 g/mol. The second kappa shape index (κ2) is 6.61. The first kappa shape index (κ1) is 15.1. The maximum atomic E-state index is 12.8. The summed E-state index contributed by atoms with van der Waals surface area (Å²) in [6, 6.07) is 0. The normalized spacial score (nSPS) is 23.7. The molecule has 0 radical (unpaired) electrons. The Balaban J connectivity index is 1.38. The van der Waals surface area contributed by atoms with Crippen LogP contribution >= 0.6 is 0 Å². The fraction of sp³-hybridized carbons (Fsp3) is 0.765. The fourth-order valence-corrected chi connectivity index (χ4v) is 4.33. The zero-order valence-electron chi connectivity index (χ0n) is 13.6. The van der Waals surface area contributed by atoms with Gasteiger partial charge in [-0.25, -0.2) is 0 Å². The molecule has 4 heterocycles. The summed E-state index contributed by atoms with van der Waals surface area (Å²) in [4.78, 5) is 14.8. The van der Waals surface area contributed by atoms with Crippen LogP contribution in [0.4, 0.5) is 0 Å². The van der Waals surface area contributed by atoms with Crippen molar-refractivity contribution in [2.24, 2.45) is 11.8 Å². The highest BCUT2D eigenvalue weighted by atomic mass is 16.5. The number of nitrogens with one attached hydrogen (secondary N) is 2. The van der Waals surface area contributed by atoms with Gasteiger partial charge in [0.1, 0.15) is 0 Å². The van der Waals surface area contributed by atoms with Gasteiger partial charge in [0, 0.05) is 30.8 Å². The van der Waals surface area contributed by atoms with E-state index in [0.29, 0.717) is 18.9 Å². The van der Waals surface area contributed by atoms with E-state index < -0.39 is 0 Å². The lowest BCUT2D eigenvalue weighted by molar-refractivity contribution is 0.0626. The molecule has 0 bridgehead atoms. The summed E-state index contributed by atoms with van der Waals surface area (Å²) >= 11 is 0. The fourth-order valence-electron chi connectivity index (χ4n) is 4.33. The number of aromatic amines is 1. The lowest BCUT2D eigenvalue weighted by Crippen LogP contribution is -2.42. The first-order valence-electron chi connectivity index (χ1n) is 8.97. The molecular weight excluding hydrogens is 292 g/mol. The first-order chi connectivity index (χ1) is 11.3. The molecule has 4 rings (SSSR count). The van der Waals surface area contributed by atoms with Crippen molar-refractivity contribution in [3.8, 4) is 0 Å². The second-order valence-corrected chi connectivity index (χ2v) is 7.05. The summed E-state index contributed by atoms with van der Waals surface area (Å²) in [7, 11) is 0. The van der Waals surface area contributed by atoms with Gasteiger partial charge in [-0.2, -0.15) is 5.10 Å². The molecule has 23 heavy (non-hydrogen) atoms. The van der Waals surface area contributed by atoms with Gasteiger partial charge in [0.2, 0.25) is 0 Å². The van der Waals surface area contributed by atoms with Crippen molar-refractivity contribution in [1.29, 1.82) is 0 Å². The van der Waals surface area contributed by atoms with Gasteiger partial charge < -0.3 is 15.0 Å². The molecule has 0 aromatic carbocycles. The molecule has 2 saturated heterocycles. The predicted molar refractivity (Wildman–Crippen MR) is 86.2 cm³/mol. The number of H-pyrrole nitrogens is 1. The molecule has 6 heteroatoms. The Labute approximate surface area is 137 Å². The van der Waals surface area contributed by atoms with Crippen molar-refractivity contribution in [3.63, 3.8) is 0 Å². The third kappa shape index (κ3) is 3.02. The molecule has 0 aliphatic carbocycles. The minimum absolute atomic E-state index is 0.0803. The van der Waals surface area contributed by atoms with Crippen molar-refractivity contribution in [3.05, 3.63) is 17.0 Å². The highest BCUT2D eigenvalue weighted by molar-refractivity contribution is 5.94. The van der Waals surface area contributed by atoms with E-state index in [2.05, 4.69) is 15.5 Å². The number of nitrogens with zero attached hydrogens (tertiary/aromatic N) is 2. The SMILES string of the molecule is O=C(c1n[nH]c2c1COCC2)N1CCC(C2CCNCC2)CC1. The van der Waals surface area contributed by atoms with Gasteiger partial charge in [-0.15, -0.1) is 0 Å². The van der Waals surface area contributed by atoms with E-state index in [4.69, 9.17) is 4.74 Å². The predicted octanol–water partition coefficient (Wildman–Crippen LogP) is 1.33. The van der Waals surface area contributed by atoms with Crippen LogP contribution in [0.15, 0.2) is 0 Å². The standard InChI is InChI=1S/C17H26N4O2/c22-17(16-14-11-23-10-5-15(14)19-20-16)21-8-3-13(4-9-21)12-1-6-18-7-2-12/h12-13,18H,1-11H2,(H,19,20). The van der Waals surface area contributed by atoms with Gasteiger partial charge >= 0.3 is 0 Å². The Morgan fingerprint density at radius 1 is 1.13 bits per heavy atom. The molecule has 126 valence electrons. The van der Waals surface area contributed by atoms with Crippen LogP contribution < -0.4 is 5.32 Å². The molecule has 1 aromatic heterocycles. The van der Waals surface area contributed by atoms with Crippen LogP contribution in [0.5, 0.6) is 0 Å². The van der Waals surface area contributed by atoms with E-state index in [1.165, 1.54) is 12.8 Å². The molecule has 6 nitrogen and oxygen atoms in total. The quantitative estimate of drug-likeness (QED) is 0.863. The van der Waals surface area contributed by atoms with Gasteiger partial charge in [0.05, 0.1) is 13.2 Å². The summed E-state index contributed by atoms with van der Waals surface area (Å²) < 4.78 is 5.49. The van der Waals surface area contributed by atoms with Crippen molar-refractivity contribution in [1.82, 2.24) is 20.4 Å². The largest absolute Gasteiger partial charge is 0.376 e. The van der Waals surface area contributed by atoms with Crippen LogP contribution in [-0.4, -0.2) is 53.8 Å². The molecule has 0 spiro atoms. The van der Waals surface area contributed by atoms with Gasteiger partial charge in [0.25, 0.3) is 5.91 Å². The van der Waals surface area contributed by atoms with E-state index in [9.17, 15) is 4.79 Å². The van der Waals surface area contributed by atoms with Crippen LogP contribution in [0.2, 0.25) is 0 Å². The Morgan fingerprint density at radius 3 is 2.65 bits per heavy atom. The van der Waals surface area contributed by atoms with Crippen LogP contribution in [-0.2, 0) is 17.8 Å². The number of likely N-dealkylation sites (tertiary alicyclic amines) is 1. The number of carbonyl (C=O) groups excluding carboxylic acids is 1. The molecule has 0 unspecified atom stereocenters. The molecule has 0 saturated carbocycles. The average molecular weight is 318 g/mol. The molecule has 2 fully saturated rings. The molecule has 0 atom stereocenters. The van der Waals surface area contributed by atoms with Crippen molar-refractivity contribution in [2.45, 2.75) is 38.7 Å². The van der Waals surface area contributed by atoms with Crippen LogP contribution in [0, 0.1) is 11.8 Å². The number of fused-ring (bicyclic) bond motifs is 1.